The first-order chi connectivity index (χ1) is 7.34. The van der Waals surface area contributed by atoms with Crippen LogP contribution in [0.2, 0.25) is 0 Å². The van der Waals surface area contributed by atoms with E-state index in [0.717, 1.165) is 22.7 Å². The van der Waals surface area contributed by atoms with Crippen molar-refractivity contribution in [3.63, 3.8) is 0 Å². The summed E-state index contributed by atoms with van der Waals surface area (Å²) in [6.07, 6.45) is 2.30. The lowest BCUT2D eigenvalue weighted by Crippen LogP contribution is -2.12. The molecule has 0 radical (unpaired) electrons. The van der Waals surface area contributed by atoms with E-state index in [1.807, 2.05) is 6.07 Å². The molecule has 3 rings (SSSR count). The van der Waals surface area contributed by atoms with Crippen molar-refractivity contribution >= 4 is 21.6 Å². The van der Waals surface area contributed by atoms with Gasteiger partial charge in [0.25, 0.3) is 0 Å². The van der Waals surface area contributed by atoms with Gasteiger partial charge in [-0.25, -0.2) is 9.37 Å². The van der Waals surface area contributed by atoms with Gasteiger partial charge in [0.15, 0.2) is 0 Å². The summed E-state index contributed by atoms with van der Waals surface area (Å²) < 4.78 is 14.4. The van der Waals surface area contributed by atoms with Crippen molar-refractivity contribution in [3.05, 3.63) is 29.0 Å². The van der Waals surface area contributed by atoms with Crippen molar-refractivity contribution in [3.8, 4) is 0 Å². The monoisotopic (exact) mass is 222 g/mol. The second-order valence-corrected chi connectivity index (χ2v) is 4.85. The zero-order chi connectivity index (χ0) is 10.3. The minimum absolute atomic E-state index is 0.215. The van der Waals surface area contributed by atoms with Gasteiger partial charge < -0.3 is 5.32 Å². The SMILES string of the molecule is Fc1cccc2sc(C3CCCN3)nc12. The number of aromatic nitrogens is 1. The molecule has 0 spiro atoms. The van der Waals surface area contributed by atoms with Crippen molar-refractivity contribution in [2.45, 2.75) is 18.9 Å². The van der Waals surface area contributed by atoms with Crippen molar-refractivity contribution in [2.24, 2.45) is 0 Å². The molecule has 0 bridgehead atoms. The third-order valence-electron chi connectivity index (χ3n) is 2.74. The molecule has 1 fully saturated rings. The van der Waals surface area contributed by atoms with Gasteiger partial charge in [-0.05, 0) is 31.5 Å². The van der Waals surface area contributed by atoms with E-state index in [-0.39, 0.29) is 5.82 Å². The topological polar surface area (TPSA) is 24.9 Å². The third kappa shape index (κ3) is 1.54. The largest absolute Gasteiger partial charge is 0.308 e. The third-order valence-corrected chi connectivity index (χ3v) is 3.88. The van der Waals surface area contributed by atoms with Crippen LogP contribution in [0.4, 0.5) is 4.39 Å². The number of rotatable bonds is 1. The second kappa shape index (κ2) is 3.54. The molecule has 1 unspecified atom stereocenters. The van der Waals surface area contributed by atoms with E-state index >= 15 is 0 Å². The fourth-order valence-electron chi connectivity index (χ4n) is 1.98. The van der Waals surface area contributed by atoms with Gasteiger partial charge in [-0.1, -0.05) is 6.07 Å². The molecule has 1 aliphatic heterocycles. The van der Waals surface area contributed by atoms with Gasteiger partial charge in [0.2, 0.25) is 0 Å². The van der Waals surface area contributed by atoms with Gasteiger partial charge in [0, 0.05) is 0 Å². The van der Waals surface area contributed by atoms with Gasteiger partial charge in [0.1, 0.15) is 16.3 Å². The van der Waals surface area contributed by atoms with E-state index < -0.39 is 0 Å². The Hall–Kier alpha value is -1.00. The van der Waals surface area contributed by atoms with E-state index in [1.54, 1.807) is 17.4 Å². The maximum Gasteiger partial charge on any atom is 0.150 e. The summed E-state index contributed by atoms with van der Waals surface area (Å²) in [4.78, 5) is 4.38. The van der Waals surface area contributed by atoms with Crippen LogP contribution in [0, 0.1) is 5.82 Å². The number of benzene rings is 1. The predicted octanol–water partition coefficient (Wildman–Crippen LogP) is 2.86. The zero-order valence-electron chi connectivity index (χ0n) is 8.16. The summed E-state index contributed by atoms with van der Waals surface area (Å²) in [6.45, 7) is 1.04. The molecule has 1 N–H and O–H groups in total. The van der Waals surface area contributed by atoms with E-state index in [4.69, 9.17) is 0 Å². The highest BCUT2D eigenvalue weighted by molar-refractivity contribution is 7.18. The standard InChI is InChI=1S/C11H11FN2S/c12-7-3-1-5-9-10(7)14-11(15-9)8-4-2-6-13-8/h1,3,5,8,13H,2,4,6H2. The first kappa shape index (κ1) is 9.24. The molecule has 2 nitrogen and oxygen atoms in total. The van der Waals surface area contributed by atoms with Gasteiger partial charge in [-0.3, -0.25) is 0 Å². The van der Waals surface area contributed by atoms with Crippen LogP contribution in [0.15, 0.2) is 18.2 Å². The van der Waals surface area contributed by atoms with Gasteiger partial charge in [-0.15, -0.1) is 11.3 Å². The molecule has 1 aromatic heterocycles. The van der Waals surface area contributed by atoms with Gasteiger partial charge in [-0.2, -0.15) is 0 Å². The molecular formula is C11H11FN2S. The summed E-state index contributed by atoms with van der Waals surface area (Å²) >= 11 is 1.60. The lowest BCUT2D eigenvalue weighted by atomic mass is 10.2. The van der Waals surface area contributed by atoms with E-state index in [9.17, 15) is 4.39 Å². The van der Waals surface area contributed by atoms with Gasteiger partial charge in [0.05, 0.1) is 10.7 Å². The summed E-state index contributed by atoms with van der Waals surface area (Å²) in [5.74, 6) is -0.215. The lowest BCUT2D eigenvalue weighted by Gasteiger charge is -2.03. The van der Waals surface area contributed by atoms with E-state index in [1.165, 1.54) is 12.5 Å². The molecule has 1 aromatic carbocycles. The van der Waals surface area contributed by atoms with E-state index in [2.05, 4.69) is 10.3 Å². The Labute approximate surface area is 91.1 Å². The molecule has 0 amide bonds. The molecule has 0 aliphatic carbocycles. The number of halogens is 1. The molecule has 2 aromatic rings. The minimum Gasteiger partial charge on any atom is -0.308 e. The zero-order valence-corrected chi connectivity index (χ0v) is 8.98. The summed E-state index contributed by atoms with van der Waals surface area (Å²) in [7, 11) is 0. The lowest BCUT2D eigenvalue weighted by molar-refractivity contribution is 0.628. The van der Waals surface area contributed by atoms with Crippen LogP contribution in [0.25, 0.3) is 10.2 Å². The smallest absolute Gasteiger partial charge is 0.150 e. The Morgan fingerprint density at radius 2 is 2.40 bits per heavy atom. The number of nitrogens with zero attached hydrogens (tertiary/aromatic N) is 1. The second-order valence-electron chi connectivity index (χ2n) is 3.79. The van der Waals surface area contributed by atoms with E-state index in [0.29, 0.717) is 11.6 Å². The minimum atomic E-state index is -0.215. The van der Waals surface area contributed by atoms with Crippen molar-refractivity contribution in [2.75, 3.05) is 6.54 Å². The highest BCUT2D eigenvalue weighted by Crippen LogP contribution is 2.31. The average molecular weight is 222 g/mol. The first-order valence-corrected chi connectivity index (χ1v) is 5.94. The number of hydrogen-bond donors (Lipinski definition) is 1. The molecule has 1 atom stereocenters. The van der Waals surface area contributed by atoms with Crippen LogP contribution in [-0.2, 0) is 0 Å². The van der Waals surface area contributed by atoms with Crippen molar-refractivity contribution in [1.82, 2.24) is 10.3 Å². The maximum atomic E-state index is 13.4. The quantitative estimate of drug-likeness (QED) is 0.802. The van der Waals surface area contributed by atoms with Gasteiger partial charge >= 0.3 is 0 Å². The Kier molecular flexibility index (Phi) is 2.18. The highest BCUT2D eigenvalue weighted by Gasteiger charge is 2.20. The molecular weight excluding hydrogens is 211 g/mol. The molecule has 1 saturated heterocycles. The number of nitrogens with one attached hydrogen (secondary N) is 1. The fourth-order valence-corrected chi connectivity index (χ4v) is 3.07. The Balaban J connectivity index is 2.09. The van der Waals surface area contributed by atoms with Crippen LogP contribution >= 0.6 is 11.3 Å². The van der Waals surface area contributed by atoms with Crippen LogP contribution in [0.1, 0.15) is 23.9 Å². The summed E-state index contributed by atoms with van der Waals surface area (Å²) in [6, 6.07) is 5.46. The molecule has 0 saturated carbocycles. The van der Waals surface area contributed by atoms with Crippen molar-refractivity contribution < 1.29 is 4.39 Å². The molecule has 1 aliphatic rings. The molecule has 2 heterocycles. The number of fused-ring (bicyclic) bond motifs is 1. The Morgan fingerprint density at radius 1 is 1.47 bits per heavy atom. The Bertz CT molecular complexity index is 488. The predicted molar refractivity (Wildman–Crippen MR) is 59.6 cm³/mol. The molecule has 78 valence electrons. The Morgan fingerprint density at radius 3 is 3.13 bits per heavy atom. The number of para-hydroxylation sites is 1. The first-order valence-electron chi connectivity index (χ1n) is 5.13. The maximum absolute atomic E-state index is 13.4. The average Bonchev–Trinajstić information content (AvgIpc) is 2.86. The van der Waals surface area contributed by atoms with Crippen LogP contribution in [0.3, 0.4) is 0 Å². The van der Waals surface area contributed by atoms with Crippen molar-refractivity contribution in [1.29, 1.82) is 0 Å². The van der Waals surface area contributed by atoms with Crippen LogP contribution in [0.5, 0.6) is 0 Å². The summed E-state index contributed by atoms with van der Waals surface area (Å²) in [5.41, 5.74) is 0.520. The highest BCUT2D eigenvalue weighted by atomic mass is 32.1. The number of thiazole rings is 1. The van der Waals surface area contributed by atoms with Crippen LogP contribution in [-0.4, -0.2) is 11.5 Å². The number of hydrogen-bond acceptors (Lipinski definition) is 3. The molecule has 4 heteroatoms. The van der Waals surface area contributed by atoms with Crippen LogP contribution < -0.4 is 5.32 Å². The molecule has 15 heavy (non-hydrogen) atoms. The normalized spacial score (nSPS) is 21.3. The summed E-state index contributed by atoms with van der Waals surface area (Å²) in [5, 5.41) is 4.40. The fraction of sp³-hybridized carbons (Fsp3) is 0.364.